The highest BCUT2D eigenvalue weighted by atomic mass is 19.4. The van der Waals surface area contributed by atoms with Gasteiger partial charge in [0, 0.05) is 18.3 Å². The maximum absolute atomic E-state index is 12.4. The number of rotatable bonds is 2. The Kier molecular flexibility index (Phi) is 3.08. The lowest BCUT2D eigenvalue weighted by molar-refractivity contribution is -0.137. The Balaban J connectivity index is 2.10. The predicted molar refractivity (Wildman–Crippen MR) is 57.5 cm³/mol. The highest BCUT2D eigenvalue weighted by Gasteiger charge is 2.36. The van der Waals surface area contributed by atoms with Crippen molar-refractivity contribution in [3.63, 3.8) is 0 Å². The van der Waals surface area contributed by atoms with E-state index in [9.17, 15) is 13.2 Å². The summed E-state index contributed by atoms with van der Waals surface area (Å²) in [7, 11) is 0. The van der Waals surface area contributed by atoms with E-state index in [1.54, 1.807) is 0 Å². The summed E-state index contributed by atoms with van der Waals surface area (Å²) in [6, 6.07) is 8.95. The first-order valence-corrected chi connectivity index (χ1v) is 5.45. The van der Waals surface area contributed by atoms with Crippen LogP contribution in [0.4, 0.5) is 18.9 Å². The molecule has 0 saturated carbocycles. The van der Waals surface area contributed by atoms with Crippen molar-refractivity contribution in [2.45, 2.75) is 31.5 Å². The van der Waals surface area contributed by atoms with E-state index in [2.05, 4.69) is 0 Å². The Morgan fingerprint density at radius 2 is 1.88 bits per heavy atom. The minimum Gasteiger partial charge on any atom is -0.368 e. The van der Waals surface area contributed by atoms with Gasteiger partial charge in [-0.05, 0) is 25.0 Å². The van der Waals surface area contributed by atoms with Crippen molar-refractivity contribution in [3.05, 3.63) is 30.3 Å². The summed E-state index contributed by atoms with van der Waals surface area (Å²) in [5.41, 5.74) is 0.897. The normalized spacial score (nSPS) is 21.4. The van der Waals surface area contributed by atoms with Crippen molar-refractivity contribution in [3.8, 4) is 0 Å². The van der Waals surface area contributed by atoms with Crippen LogP contribution in [0.2, 0.25) is 0 Å². The smallest absolute Gasteiger partial charge is 0.368 e. The molecule has 1 aromatic carbocycles. The van der Waals surface area contributed by atoms with Crippen LogP contribution in [0.3, 0.4) is 0 Å². The number of alkyl halides is 3. The fourth-order valence-electron chi connectivity index (χ4n) is 2.27. The first-order chi connectivity index (χ1) is 7.56. The molecule has 1 aromatic rings. The lowest BCUT2D eigenvalue weighted by atomic mass is 10.1. The van der Waals surface area contributed by atoms with Crippen molar-refractivity contribution in [2.75, 3.05) is 11.4 Å². The molecule has 2 rings (SSSR count). The second kappa shape index (κ2) is 4.36. The molecule has 0 bridgehead atoms. The van der Waals surface area contributed by atoms with E-state index in [1.807, 2.05) is 35.2 Å². The summed E-state index contributed by atoms with van der Waals surface area (Å²) in [4.78, 5) is 1.87. The molecule has 0 radical (unpaired) electrons. The van der Waals surface area contributed by atoms with Crippen LogP contribution < -0.4 is 4.90 Å². The van der Waals surface area contributed by atoms with Crippen molar-refractivity contribution in [1.82, 2.24) is 0 Å². The summed E-state index contributed by atoms with van der Waals surface area (Å²) >= 11 is 0. The van der Waals surface area contributed by atoms with Gasteiger partial charge in [-0.15, -0.1) is 0 Å². The van der Waals surface area contributed by atoms with Gasteiger partial charge in [0.05, 0.1) is 6.42 Å². The predicted octanol–water partition coefficient (Wildman–Crippen LogP) is 3.61. The second-order valence-corrected chi connectivity index (χ2v) is 4.14. The average Bonchev–Trinajstić information content (AvgIpc) is 2.64. The Bertz CT molecular complexity index is 334. The zero-order valence-electron chi connectivity index (χ0n) is 8.87. The molecule has 4 heteroatoms. The molecule has 1 fully saturated rings. The minimum absolute atomic E-state index is 0.387. The SMILES string of the molecule is FC(F)(F)C[C@H]1CCCN1c1ccccc1. The van der Waals surface area contributed by atoms with Crippen molar-refractivity contribution < 1.29 is 13.2 Å². The molecule has 0 aromatic heterocycles. The van der Waals surface area contributed by atoms with E-state index in [1.165, 1.54) is 0 Å². The second-order valence-electron chi connectivity index (χ2n) is 4.14. The molecule has 0 spiro atoms. The molecule has 0 aliphatic carbocycles. The topological polar surface area (TPSA) is 3.24 Å². The van der Waals surface area contributed by atoms with Gasteiger partial charge >= 0.3 is 6.18 Å². The van der Waals surface area contributed by atoms with Gasteiger partial charge in [0.15, 0.2) is 0 Å². The Morgan fingerprint density at radius 1 is 1.19 bits per heavy atom. The van der Waals surface area contributed by atoms with Crippen molar-refractivity contribution in [2.24, 2.45) is 0 Å². The Hall–Kier alpha value is -1.19. The fourth-order valence-corrected chi connectivity index (χ4v) is 2.27. The van der Waals surface area contributed by atoms with Gasteiger partial charge in [-0.25, -0.2) is 0 Å². The Labute approximate surface area is 92.9 Å². The molecule has 1 atom stereocenters. The first-order valence-electron chi connectivity index (χ1n) is 5.45. The van der Waals surface area contributed by atoms with Crippen LogP contribution in [0.15, 0.2) is 30.3 Å². The molecule has 88 valence electrons. The average molecular weight is 229 g/mol. The van der Waals surface area contributed by atoms with E-state index in [4.69, 9.17) is 0 Å². The molecular formula is C12H14F3N. The van der Waals surface area contributed by atoms with Crippen molar-refractivity contribution in [1.29, 1.82) is 0 Å². The number of anilines is 1. The van der Waals surface area contributed by atoms with E-state index in [0.29, 0.717) is 6.42 Å². The van der Waals surface area contributed by atoms with Gasteiger partial charge in [0.2, 0.25) is 0 Å². The molecule has 1 aliphatic heterocycles. The van der Waals surface area contributed by atoms with E-state index in [-0.39, 0.29) is 6.04 Å². The third kappa shape index (κ3) is 2.68. The molecule has 1 heterocycles. The van der Waals surface area contributed by atoms with Gasteiger partial charge in [-0.1, -0.05) is 18.2 Å². The zero-order chi connectivity index (χ0) is 11.6. The molecular weight excluding hydrogens is 215 g/mol. The van der Waals surface area contributed by atoms with Crippen LogP contribution in [-0.4, -0.2) is 18.8 Å². The van der Waals surface area contributed by atoms with E-state index in [0.717, 1.165) is 18.7 Å². The molecule has 16 heavy (non-hydrogen) atoms. The number of nitrogens with zero attached hydrogens (tertiary/aromatic N) is 1. The molecule has 0 N–H and O–H groups in total. The fraction of sp³-hybridized carbons (Fsp3) is 0.500. The summed E-state index contributed by atoms with van der Waals surface area (Å²) in [6.45, 7) is 0.727. The molecule has 0 unspecified atom stereocenters. The Morgan fingerprint density at radius 3 is 2.50 bits per heavy atom. The summed E-state index contributed by atoms with van der Waals surface area (Å²) in [6.07, 6.45) is -3.30. The third-order valence-electron chi connectivity index (χ3n) is 2.93. The summed E-state index contributed by atoms with van der Waals surface area (Å²) in [5.74, 6) is 0. The number of benzene rings is 1. The minimum atomic E-state index is -4.07. The lowest BCUT2D eigenvalue weighted by Crippen LogP contribution is -2.33. The van der Waals surface area contributed by atoms with Crippen LogP contribution in [0.5, 0.6) is 0 Å². The molecule has 1 saturated heterocycles. The standard InChI is InChI=1S/C12H14F3N/c13-12(14,15)9-11-7-4-8-16(11)10-5-2-1-3-6-10/h1-3,5-6,11H,4,7-9H2/t11-/m1/s1. The number of para-hydroxylation sites is 1. The third-order valence-corrected chi connectivity index (χ3v) is 2.93. The maximum Gasteiger partial charge on any atom is 0.391 e. The van der Waals surface area contributed by atoms with Gasteiger partial charge in [-0.2, -0.15) is 13.2 Å². The van der Waals surface area contributed by atoms with Gasteiger partial charge in [0.25, 0.3) is 0 Å². The number of hydrogen-bond donors (Lipinski definition) is 0. The quantitative estimate of drug-likeness (QED) is 0.748. The van der Waals surface area contributed by atoms with E-state index >= 15 is 0 Å². The van der Waals surface area contributed by atoms with Crippen LogP contribution in [-0.2, 0) is 0 Å². The van der Waals surface area contributed by atoms with Gasteiger partial charge in [-0.3, -0.25) is 0 Å². The van der Waals surface area contributed by atoms with Crippen LogP contribution >= 0.6 is 0 Å². The summed E-state index contributed by atoms with van der Waals surface area (Å²) in [5, 5.41) is 0. The zero-order valence-corrected chi connectivity index (χ0v) is 8.87. The van der Waals surface area contributed by atoms with Crippen molar-refractivity contribution >= 4 is 5.69 Å². The highest BCUT2D eigenvalue weighted by molar-refractivity contribution is 5.48. The van der Waals surface area contributed by atoms with Gasteiger partial charge < -0.3 is 4.90 Å². The van der Waals surface area contributed by atoms with Crippen LogP contribution in [0.25, 0.3) is 0 Å². The lowest BCUT2D eigenvalue weighted by Gasteiger charge is -2.27. The van der Waals surface area contributed by atoms with E-state index < -0.39 is 12.6 Å². The number of halogens is 3. The summed E-state index contributed by atoms with van der Waals surface area (Å²) < 4.78 is 37.1. The maximum atomic E-state index is 12.4. The monoisotopic (exact) mass is 229 g/mol. The highest BCUT2D eigenvalue weighted by Crippen LogP contribution is 2.32. The largest absolute Gasteiger partial charge is 0.391 e. The molecule has 0 amide bonds. The van der Waals surface area contributed by atoms with Crippen LogP contribution in [0.1, 0.15) is 19.3 Å². The number of hydrogen-bond acceptors (Lipinski definition) is 1. The molecule has 1 nitrogen and oxygen atoms in total. The van der Waals surface area contributed by atoms with Crippen LogP contribution in [0, 0.1) is 0 Å². The first kappa shape index (κ1) is 11.3. The molecule has 1 aliphatic rings. The van der Waals surface area contributed by atoms with Gasteiger partial charge in [0.1, 0.15) is 0 Å².